The van der Waals surface area contributed by atoms with Crippen LogP contribution in [0.25, 0.3) is 0 Å². The van der Waals surface area contributed by atoms with Gasteiger partial charge in [-0.2, -0.15) is 0 Å². The monoisotopic (exact) mass is 422 g/mol. The van der Waals surface area contributed by atoms with Gasteiger partial charge in [-0.1, -0.05) is 54.8 Å². The maximum atomic E-state index is 12.4. The zero-order chi connectivity index (χ0) is 19.9. The second-order valence-corrected chi connectivity index (χ2v) is 8.90. The van der Waals surface area contributed by atoms with Crippen LogP contribution in [0.3, 0.4) is 0 Å². The number of carbonyl (C=O) groups is 1. The fourth-order valence-electron chi connectivity index (χ4n) is 3.27. The van der Waals surface area contributed by atoms with E-state index in [1.807, 2.05) is 36.7 Å². The van der Waals surface area contributed by atoms with Crippen LogP contribution in [-0.2, 0) is 18.4 Å². The molecular formula is C20H27ClN4O2S. The summed E-state index contributed by atoms with van der Waals surface area (Å²) in [7, 11) is 1.88. The second-order valence-electron chi connectivity index (χ2n) is 7.19. The van der Waals surface area contributed by atoms with E-state index in [0.29, 0.717) is 27.7 Å². The molecule has 0 bridgehead atoms. The van der Waals surface area contributed by atoms with Crippen molar-refractivity contribution in [1.29, 1.82) is 0 Å². The highest BCUT2D eigenvalue weighted by molar-refractivity contribution is 8.00. The number of halogens is 1. The van der Waals surface area contributed by atoms with Gasteiger partial charge in [-0.05, 0) is 37.8 Å². The van der Waals surface area contributed by atoms with Crippen molar-refractivity contribution in [3.8, 4) is 5.75 Å². The van der Waals surface area contributed by atoms with E-state index >= 15 is 0 Å². The fraction of sp³-hybridized carbons (Fsp3) is 0.550. The third-order valence-electron chi connectivity index (χ3n) is 5.06. The van der Waals surface area contributed by atoms with Gasteiger partial charge in [0.25, 0.3) is 0 Å². The van der Waals surface area contributed by atoms with E-state index in [9.17, 15) is 4.79 Å². The lowest BCUT2D eigenvalue weighted by Gasteiger charge is -2.22. The number of benzene rings is 1. The Labute approximate surface area is 175 Å². The van der Waals surface area contributed by atoms with Crippen LogP contribution in [-0.4, -0.2) is 32.5 Å². The number of nitrogens with one attached hydrogen (secondary N) is 1. The molecule has 0 aliphatic heterocycles. The van der Waals surface area contributed by atoms with Gasteiger partial charge < -0.3 is 14.6 Å². The van der Waals surface area contributed by atoms with E-state index in [4.69, 9.17) is 16.3 Å². The van der Waals surface area contributed by atoms with Crippen molar-refractivity contribution in [2.45, 2.75) is 56.0 Å². The molecule has 1 amide bonds. The van der Waals surface area contributed by atoms with E-state index in [1.165, 1.54) is 43.9 Å². The van der Waals surface area contributed by atoms with Gasteiger partial charge in [-0.15, -0.1) is 10.2 Å². The summed E-state index contributed by atoms with van der Waals surface area (Å²) in [6.07, 6.45) is 6.33. The lowest BCUT2D eigenvalue weighted by molar-refractivity contribution is -0.120. The molecule has 1 fully saturated rings. The van der Waals surface area contributed by atoms with E-state index in [1.54, 1.807) is 6.07 Å². The normalized spacial score (nSPS) is 16.0. The number of amides is 1. The number of aromatic nitrogens is 3. The first kappa shape index (κ1) is 21.0. The first-order chi connectivity index (χ1) is 13.5. The van der Waals surface area contributed by atoms with Gasteiger partial charge in [0, 0.05) is 13.6 Å². The van der Waals surface area contributed by atoms with Crippen molar-refractivity contribution < 1.29 is 9.53 Å². The van der Waals surface area contributed by atoms with Crippen LogP contribution in [0.1, 0.15) is 44.9 Å². The van der Waals surface area contributed by atoms with Crippen LogP contribution in [0.4, 0.5) is 0 Å². The highest BCUT2D eigenvalue weighted by Crippen LogP contribution is 2.26. The third-order valence-corrected chi connectivity index (χ3v) is 6.51. The number of para-hydroxylation sites is 1. The minimum atomic E-state index is -0.233. The molecule has 1 aliphatic carbocycles. The zero-order valence-electron chi connectivity index (χ0n) is 16.4. The summed E-state index contributed by atoms with van der Waals surface area (Å²) in [5.41, 5.74) is 0. The molecule has 1 heterocycles. The Bertz CT molecular complexity index is 792. The molecule has 1 unspecified atom stereocenters. The van der Waals surface area contributed by atoms with Gasteiger partial charge in [0.1, 0.15) is 12.4 Å². The van der Waals surface area contributed by atoms with Crippen molar-refractivity contribution in [1.82, 2.24) is 20.1 Å². The summed E-state index contributed by atoms with van der Waals surface area (Å²) in [6, 6.07) is 7.31. The molecule has 1 aromatic heterocycles. The van der Waals surface area contributed by atoms with Gasteiger partial charge in [0.2, 0.25) is 5.91 Å². The molecule has 1 aromatic carbocycles. The number of thioether (sulfide) groups is 1. The van der Waals surface area contributed by atoms with Crippen LogP contribution in [0.2, 0.25) is 5.02 Å². The molecule has 1 aliphatic rings. The minimum Gasteiger partial charge on any atom is -0.484 e. The predicted octanol–water partition coefficient (Wildman–Crippen LogP) is 4.22. The number of hydrogen-bond acceptors (Lipinski definition) is 5. The van der Waals surface area contributed by atoms with Crippen molar-refractivity contribution in [2.75, 3.05) is 6.54 Å². The molecule has 1 N–H and O–H groups in total. The van der Waals surface area contributed by atoms with Crippen LogP contribution in [0.15, 0.2) is 29.4 Å². The van der Waals surface area contributed by atoms with Crippen molar-refractivity contribution in [2.24, 2.45) is 13.0 Å². The van der Waals surface area contributed by atoms with Crippen molar-refractivity contribution in [3.05, 3.63) is 35.1 Å². The highest BCUT2D eigenvalue weighted by Gasteiger charge is 2.21. The third kappa shape index (κ3) is 5.64. The number of rotatable bonds is 8. The van der Waals surface area contributed by atoms with E-state index in [0.717, 1.165) is 6.54 Å². The molecule has 152 valence electrons. The summed E-state index contributed by atoms with van der Waals surface area (Å²) >= 11 is 7.51. The molecule has 1 saturated carbocycles. The van der Waals surface area contributed by atoms with Crippen LogP contribution in [0, 0.1) is 5.92 Å². The Kier molecular flexibility index (Phi) is 7.62. The molecule has 0 saturated heterocycles. The fourth-order valence-corrected chi connectivity index (χ4v) is 4.32. The average molecular weight is 423 g/mol. The van der Waals surface area contributed by atoms with E-state index < -0.39 is 0 Å². The van der Waals surface area contributed by atoms with Gasteiger partial charge in [0.05, 0.1) is 10.3 Å². The maximum Gasteiger partial charge on any atom is 0.233 e. The molecule has 8 heteroatoms. The zero-order valence-corrected chi connectivity index (χ0v) is 17.9. The predicted molar refractivity (Wildman–Crippen MR) is 112 cm³/mol. The highest BCUT2D eigenvalue weighted by atomic mass is 35.5. The first-order valence-electron chi connectivity index (χ1n) is 9.74. The summed E-state index contributed by atoms with van der Waals surface area (Å²) in [6.45, 7) is 2.94. The molecule has 28 heavy (non-hydrogen) atoms. The van der Waals surface area contributed by atoms with Gasteiger partial charge >= 0.3 is 0 Å². The summed E-state index contributed by atoms with van der Waals surface area (Å²) in [5, 5.41) is 12.5. The Balaban J connectivity index is 1.50. The van der Waals surface area contributed by atoms with Crippen LogP contribution in [0.5, 0.6) is 5.75 Å². The van der Waals surface area contributed by atoms with Crippen molar-refractivity contribution in [3.63, 3.8) is 0 Å². The Hall–Kier alpha value is -1.73. The quantitative estimate of drug-likeness (QED) is 0.645. The molecule has 2 aromatic rings. The number of hydrogen-bond donors (Lipinski definition) is 1. The number of carbonyl (C=O) groups excluding carboxylic acids is 1. The largest absolute Gasteiger partial charge is 0.484 e. The summed E-state index contributed by atoms with van der Waals surface area (Å²) < 4.78 is 7.58. The van der Waals surface area contributed by atoms with E-state index in [2.05, 4.69) is 15.5 Å². The topological polar surface area (TPSA) is 69.0 Å². The Morgan fingerprint density at radius 3 is 2.82 bits per heavy atom. The standard InChI is InChI=1S/C20H27ClN4O2S/c1-14(19(26)22-12-15-8-4-3-5-9-15)28-20-24-23-18(25(20)2)13-27-17-11-7-6-10-16(17)21/h6-7,10-11,14-15H,3-5,8-9,12-13H2,1-2H3,(H,22,26). The summed E-state index contributed by atoms with van der Waals surface area (Å²) in [4.78, 5) is 12.4. The number of nitrogens with zero attached hydrogens (tertiary/aromatic N) is 3. The molecule has 3 rings (SSSR count). The average Bonchev–Trinajstić information content (AvgIpc) is 3.05. The molecular weight excluding hydrogens is 396 g/mol. The van der Waals surface area contributed by atoms with Crippen LogP contribution >= 0.6 is 23.4 Å². The van der Waals surface area contributed by atoms with Crippen LogP contribution < -0.4 is 10.1 Å². The smallest absolute Gasteiger partial charge is 0.233 e. The van der Waals surface area contributed by atoms with Crippen molar-refractivity contribution >= 4 is 29.3 Å². The Morgan fingerprint density at radius 1 is 1.32 bits per heavy atom. The summed E-state index contributed by atoms with van der Waals surface area (Å²) in [5.74, 6) is 1.96. The van der Waals surface area contributed by atoms with Gasteiger partial charge in [-0.25, -0.2) is 0 Å². The Morgan fingerprint density at radius 2 is 2.07 bits per heavy atom. The SMILES string of the molecule is CC(Sc1nnc(COc2ccccc2Cl)n1C)C(=O)NCC1CCCCC1. The maximum absolute atomic E-state index is 12.4. The second kappa shape index (κ2) is 10.2. The molecule has 6 nitrogen and oxygen atoms in total. The lowest BCUT2D eigenvalue weighted by Crippen LogP contribution is -2.35. The lowest BCUT2D eigenvalue weighted by atomic mass is 9.89. The minimum absolute atomic E-state index is 0.0486. The molecule has 0 radical (unpaired) electrons. The van der Waals surface area contributed by atoms with E-state index in [-0.39, 0.29) is 17.8 Å². The van der Waals surface area contributed by atoms with Gasteiger partial charge in [-0.3, -0.25) is 4.79 Å². The first-order valence-corrected chi connectivity index (χ1v) is 11.0. The molecule has 0 spiro atoms. The number of ether oxygens (including phenoxy) is 1. The van der Waals surface area contributed by atoms with Gasteiger partial charge in [0.15, 0.2) is 11.0 Å². The molecule has 1 atom stereocenters.